The van der Waals surface area contributed by atoms with Crippen LogP contribution in [-0.2, 0) is 11.2 Å². The predicted octanol–water partition coefficient (Wildman–Crippen LogP) is 3.52. The maximum Gasteiger partial charge on any atom is 0.231 e. The number of fused-ring (bicyclic) bond motifs is 2. The number of phenolic OH excluding ortho intramolecular Hbond substituents is 3. The zero-order chi connectivity index (χ0) is 25.2. The van der Waals surface area contributed by atoms with Crippen molar-refractivity contribution in [2.24, 2.45) is 0 Å². The summed E-state index contributed by atoms with van der Waals surface area (Å²) in [6.45, 7) is 0.267. The Morgan fingerprint density at radius 2 is 1.69 bits per heavy atom. The van der Waals surface area contributed by atoms with Gasteiger partial charge in [0.25, 0.3) is 0 Å². The highest BCUT2D eigenvalue weighted by atomic mass is 16.7. The lowest BCUT2D eigenvalue weighted by molar-refractivity contribution is -0.121. The van der Waals surface area contributed by atoms with Crippen molar-refractivity contribution in [1.82, 2.24) is 5.32 Å². The van der Waals surface area contributed by atoms with Gasteiger partial charge in [-0.25, -0.2) is 0 Å². The van der Waals surface area contributed by atoms with Gasteiger partial charge in [-0.05, 0) is 42.3 Å². The minimum atomic E-state index is -0.821. The van der Waals surface area contributed by atoms with Gasteiger partial charge in [-0.15, -0.1) is 0 Å². The Kier molecular flexibility index (Phi) is 6.12. The van der Waals surface area contributed by atoms with Crippen molar-refractivity contribution < 1.29 is 34.0 Å². The van der Waals surface area contributed by atoms with Gasteiger partial charge in [0.1, 0.15) is 11.3 Å². The lowest BCUT2D eigenvalue weighted by Crippen LogP contribution is -2.28. The molecule has 0 unspecified atom stereocenters. The van der Waals surface area contributed by atoms with Gasteiger partial charge in [-0.1, -0.05) is 18.2 Å². The van der Waals surface area contributed by atoms with Crippen LogP contribution in [0.5, 0.6) is 28.7 Å². The van der Waals surface area contributed by atoms with Gasteiger partial charge < -0.3 is 34.5 Å². The summed E-state index contributed by atoms with van der Waals surface area (Å²) in [5, 5.41) is 33.0. The molecule has 3 aromatic carbocycles. The molecule has 0 saturated carbocycles. The molecule has 0 fully saturated rings. The maximum absolute atomic E-state index is 13.4. The van der Waals surface area contributed by atoms with E-state index in [4.69, 9.17) is 13.9 Å². The molecule has 36 heavy (non-hydrogen) atoms. The highest BCUT2D eigenvalue weighted by Gasteiger charge is 2.28. The Morgan fingerprint density at radius 3 is 2.50 bits per heavy atom. The van der Waals surface area contributed by atoms with Crippen LogP contribution in [0.2, 0.25) is 0 Å². The number of aromatic hydroxyl groups is 3. The first-order valence-electron chi connectivity index (χ1n) is 11.3. The lowest BCUT2D eigenvalue weighted by atomic mass is 9.87. The van der Waals surface area contributed by atoms with E-state index in [2.05, 4.69) is 5.32 Å². The van der Waals surface area contributed by atoms with Crippen molar-refractivity contribution in [3.63, 3.8) is 0 Å². The van der Waals surface area contributed by atoms with E-state index in [1.54, 1.807) is 36.4 Å². The third-order valence-corrected chi connectivity index (χ3v) is 6.14. The molecule has 1 aromatic heterocycles. The molecule has 9 nitrogen and oxygen atoms in total. The van der Waals surface area contributed by atoms with Crippen LogP contribution >= 0.6 is 0 Å². The Labute approximate surface area is 205 Å². The number of ether oxygens (including phenoxy) is 2. The zero-order valence-electron chi connectivity index (χ0n) is 19.1. The summed E-state index contributed by atoms with van der Waals surface area (Å²) in [6.07, 6.45) is 1.60. The number of benzene rings is 3. The molecule has 4 aromatic rings. The molecular weight excluding hydrogens is 466 g/mol. The highest BCUT2D eigenvalue weighted by molar-refractivity contribution is 5.80. The van der Waals surface area contributed by atoms with Crippen molar-refractivity contribution in [1.29, 1.82) is 0 Å². The van der Waals surface area contributed by atoms with E-state index < -0.39 is 5.92 Å². The van der Waals surface area contributed by atoms with Crippen molar-refractivity contribution >= 4 is 16.9 Å². The average Bonchev–Trinajstić information content (AvgIpc) is 3.32. The van der Waals surface area contributed by atoms with Crippen LogP contribution in [0.1, 0.15) is 29.0 Å². The molecule has 2 heterocycles. The molecule has 0 radical (unpaired) electrons. The molecule has 0 bridgehead atoms. The van der Waals surface area contributed by atoms with Gasteiger partial charge in [0.15, 0.2) is 28.4 Å². The van der Waals surface area contributed by atoms with E-state index in [9.17, 15) is 24.9 Å². The van der Waals surface area contributed by atoms with E-state index in [0.29, 0.717) is 34.5 Å². The molecule has 5 rings (SSSR count). The van der Waals surface area contributed by atoms with E-state index >= 15 is 0 Å². The Balaban J connectivity index is 1.43. The summed E-state index contributed by atoms with van der Waals surface area (Å²) in [5.74, 6) is -0.980. The van der Waals surface area contributed by atoms with Crippen LogP contribution in [0.25, 0.3) is 11.0 Å². The predicted molar refractivity (Wildman–Crippen MR) is 130 cm³/mol. The fourth-order valence-electron chi connectivity index (χ4n) is 4.28. The molecule has 9 heteroatoms. The molecule has 0 saturated heterocycles. The number of amides is 1. The van der Waals surface area contributed by atoms with E-state index in [0.717, 1.165) is 5.56 Å². The molecule has 1 atom stereocenters. The largest absolute Gasteiger partial charge is 0.508 e. The summed E-state index contributed by atoms with van der Waals surface area (Å²) in [7, 11) is 0. The number of para-hydroxylation sites is 1. The van der Waals surface area contributed by atoms with Crippen LogP contribution in [-0.4, -0.2) is 34.6 Å². The molecule has 1 aliphatic rings. The van der Waals surface area contributed by atoms with Crippen LogP contribution in [0.3, 0.4) is 0 Å². The molecule has 0 aliphatic carbocycles. The average molecular weight is 489 g/mol. The van der Waals surface area contributed by atoms with E-state index in [1.807, 2.05) is 0 Å². The minimum Gasteiger partial charge on any atom is -0.508 e. The first-order valence-corrected chi connectivity index (χ1v) is 11.3. The second-order valence-corrected chi connectivity index (χ2v) is 8.46. The SMILES string of the molecule is O=C(C[C@@H](c1cc2c(cc1O)OCO2)c1coc2ccccc2c1=O)NCCc1ccc(O)c(O)c1. The van der Waals surface area contributed by atoms with Gasteiger partial charge >= 0.3 is 0 Å². The Hall–Kier alpha value is -4.66. The molecule has 0 spiro atoms. The van der Waals surface area contributed by atoms with E-state index in [-0.39, 0.29) is 53.9 Å². The molecule has 1 amide bonds. The van der Waals surface area contributed by atoms with Crippen LogP contribution in [0, 0.1) is 0 Å². The summed E-state index contributed by atoms with van der Waals surface area (Å²) in [6, 6.07) is 14.2. The third-order valence-electron chi connectivity index (χ3n) is 6.14. The second-order valence-electron chi connectivity index (χ2n) is 8.46. The monoisotopic (exact) mass is 489 g/mol. The van der Waals surface area contributed by atoms with Gasteiger partial charge in [0, 0.05) is 36.1 Å². The topological polar surface area (TPSA) is 138 Å². The number of phenols is 3. The molecule has 4 N–H and O–H groups in total. The normalized spacial score (nSPS) is 13.0. The van der Waals surface area contributed by atoms with E-state index in [1.165, 1.54) is 24.5 Å². The first kappa shape index (κ1) is 23.1. The van der Waals surface area contributed by atoms with Crippen LogP contribution < -0.4 is 20.2 Å². The first-order chi connectivity index (χ1) is 17.4. The summed E-state index contributed by atoms with van der Waals surface area (Å²) in [5.41, 5.74) is 1.40. The Bertz CT molecular complexity index is 1510. The summed E-state index contributed by atoms with van der Waals surface area (Å²) < 4.78 is 16.4. The number of hydrogen-bond acceptors (Lipinski definition) is 8. The fourth-order valence-corrected chi connectivity index (χ4v) is 4.28. The number of nitrogens with one attached hydrogen (secondary N) is 1. The smallest absolute Gasteiger partial charge is 0.231 e. The number of carbonyl (C=O) groups is 1. The number of rotatable bonds is 7. The fraction of sp³-hybridized carbons (Fsp3) is 0.185. The van der Waals surface area contributed by atoms with Crippen molar-refractivity contribution in [2.75, 3.05) is 13.3 Å². The van der Waals surface area contributed by atoms with Crippen LogP contribution in [0.4, 0.5) is 0 Å². The van der Waals surface area contributed by atoms with Gasteiger partial charge in [-0.3, -0.25) is 9.59 Å². The van der Waals surface area contributed by atoms with Crippen molar-refractivity contribution in [2.45, 2.75) is 18.8 Å². The van der Waals surface area contributed by atoms with Crippen molar-refractivity contribution in [3.05, 3.63) is 87.8 Å². The summed E-state index contributed by atoms with van der Waals surface area (Å²) in [4.78, 5) is 26.3. The Morgan fingerprint density at radius 1 is 0.917 bits per heavy atom. The van der Waals surface area contributed by atoms with Crippen molar-refractivity contribution in [3.8, 4) is 28.7 Å². The molecule has 184 valence electrons. The molecule has 1 aliphatic heterocycles. The lowest BCUT2D eigenvalue weighted by Gasteiger charge is -2.19. The standard InChI is InChI=1S/C27H23NO8/c29-20-6-5-15(9-22(20)31)7-8-28-26(32)11-17(18-10-24-25(12-21(18)30)36-14-35-24)19-13-34-23-4-2-1-3-16(23)27(19)33/h1-6,9-10,12-13,17,29-31H,7-8,11,14H2,(H,28,32)/t17-/m0/s1. The second kappa shape index (κ2) is 9.53. The zero-order valence-corrected chi connectivity index (χ0v) is 19.1. The van der Waals surface area contributed by atoms with Gasteiger partial charge in [0.05, 0.1) is 11.6 Å². The quantitative estimate of drug-likeness (QED) is 0.289. The van der Waals surface area contributed by atoms with Crippen LogP contribution in [0.15, 0.2) is 70.1 Å². The highest BCUT2D eigenvalue weighted by Crippen LogP contribution is 2.42. The van der Waals surface area contributed by atoms with Gasteiger partial charge in [0.2, 0.25) is 12.7 Å². The molecular formula is C27H23NO8. The maximum atomic E-state index is 13.4. The third kappa shape index (κ3) is 4.50. The number of hydrogen-bond donors (Lipinski definition) is 4. The van der Waals surface area contributed by atoms with Gasteiger partial charge in [-0.2, -0.15) is 0 Å². The minimum absolute atomic E-state index is 0.00824. The number of carbonyl (C=O) groups excluding carboxylic acids is 1. The summed E-state index contributed by atoms with van der Waals surface area (Å²) >= 11 is 0.